The van der Waals surface area contributed by atoms with Crippen molar-refractivity contribution in [2.24, 2.45) is 5.92 Å². The molecule has 1 aromatic carbocycles. The van der Waals surface area contributed by atoms with Gasteiger partial charge in [0, 0.05) is 0 Å². The molecule has 0 aliphatic carbocycles. The molecule has 0 saturated carbocycles. The van der Waals surface area contributed by atoms with Gasteiger partial charge in [0.1, 0.15) is 0 Å². The van der Waals surface area contributed by atoms with Crippen molar-refractivity contribution in [3.05, 3.63) is 29.8 Å². The minimum Gasteiger partial charge on any atom is -0.872 e. The molecule has 0 spiro atoms. The molecule has 0 aromatic heterocycles. The highest BCUT2D eigenvalue weighted by Gasteiger charge is 2.14. The minimum absolute atomic E-state index is 0.0443. The molecule has 1 N–H and O–H groups in total. The summed E-state index contributed by atoms with van der Waals surface area (Å²) in [5, 5.41) is 19.6. The van der Waals surface area contributed by atoms with Gasteiger partial charge >= 0.3 is 5.97 Å². The van der Waals surface area contributed by atoms with Gasteiger partial charge in [-0.25, -0.2) is 0 Å². The summed E-state index contributed by atoms with van der Waals surface area (Å²) in [4.78, 5) is 10.7. The Morgan fingerprint density at radius 2 is 2.00 bits per heavy atom. The fraction of sp³-hybridized carbons (Fsp3) is 0.364. The third-order valence-corrected chi connectivity index (χ3v) is 2.25. The Hall–Kier alpha value is -1.51. The van der Waals surface area contributed by atoms with Crippen molar-refractivity contribution in [3.8, 4) is 5.75 Å². The van der Waals surface area contributed by atoms with Gasteiger partial charge in [-0.2, -0.15) is 0 Å². The summed E-state index contributed by atoms with van der Waals surface area (Å²) in [6.07, 6.45) is 1.10. The zero-order valence-electron chi connectivity index (χ0n) is 8.06. The Morgan fingerprint density at radius 1 is 1.43 bits per heavy atom. The van der Waals surface area contributed by atoms with Crippen LogP contribution in [0, 0.1) is 5.92 Å². The molecule has 0 aliphatic heterocycles. The van der Waals surface area contributed by atoms with E-state index in [1.54, 1.807) is 12.1 Å². The van der Waals surface area contributed by atoms with Gasteiger partial charge in [0.25, 0.3) is 0 Å². The number of rotatable bonds is 4. The zero-order valence-corrected chi connectivity index (χ0v) is 8.06. The SMILES string of the molecule is CCC(Cc1ccc([O-])cc1)C(=O)O. The molecule has 3 nitrogen and oxygen atoms in total. The summed E-state index contributed by atoms with van der Waals surface area (Å²) in [6.45, 7) is 1.85. The lowest BCUT2D eigenvalue weighted by molar-refractivity contribution is -0.268. The Kier molecular flexibility index (Phi) is 3.51. The van der Waals surface area contributed by atoms with E-state index in [1.807, 2.05) is 6.92 Å². The third-order valence-electron chi connectivity index (χ3n) is 2.25. The van der Waals surface area contributed by atoms with Crippen molar-refractivity contribution in [2.75, 3.05) is 0 Å². The summed E-state index contributed by atoms with van der Waals surface area (Å²) in [5.74, 6) is -1.18. The topological polar surface area (TPSA) is 60.4 Å². The second-order valence-electron chi connectivity index (χ2n) is 3.29. The van der Waals surface area contributed by atoms with Gasteiger partial charge in [-0.05, 0) is 18.4 Å². The van der Waals surface area contributed by atoms with E-state index in [0.29, 0.717) is 12.8 Å². The number of aliphatic carboxylic acids is 1. The third kappa shape index (κ3) is 2.76. The highest BCUT2D eigenvalue weighted by molar-refractivity contribution is 5.70. The van der Waals surface area contributed by atoms with Gasteiger partial charge in [0.15, 0.2) is 0 Å². The molecular weight excluding hydrogens is 180 g/mol. The molecular formula is C11H13O3-. The predicted octanol–water partition coefficient (Wildman–Crippen LogP) is 1.41. The van der Waals surface area contributed by atoms with E-state index in [-0.39, 0.29) is 11.7 Å². The maximum Gasteiger partial charge on any atom is 0.306 e. The highest BCUT2D eigenvalue weighted by Crippen LogP contribution is 2.14. The molecule has 0 heterocycles. The Bertz CT molecular complexity index is 303. The minimum atomic E-state index is -0.779. The summed E-state index contributed by atoms with van der Waals surface area (Å²) < 4.78 is 0. The number of hydrogen-bond acceptors (Lipinski definition) is 2. The molecule has 1 aromatic rings. The maximum atomic E-state index is 10.8. The van der Waals surface area contributed by atoms with Crippen molar-refractivity contribution in [1.29, 1.82) is 0 Å². The van der Waals surface area contributed by atoms with Gasteiger partial charge < -0.3 is 10.2 Å². The molecule has 0 radical (unpaired) electrons. The summed E-state index contributed by atoms with van der Waals surface area (Å²) in [6, 6.07) is 6.30. The van der Waals surface area contributed by atoms with Crippen molar-refractivity contribution in [2.45, 2.75) is 19.8 Å². The molecule has 0 bridgehead atoms. The first-order valence-corrected chi connectivity index (χ1v) is 4.62. The largest absolute Gasteiger partial charge is 0.872 e. The average Bonchev–Trinajstić information content (AvgIpc) is 2.16. The van der Waals surface area contributed by atoms with Crippen LogP contribution in [0.5, 0.6) is 5.75 Å². The van der Waals surface area contributed by atoms with Crippen molar-refractivity contribution < 1.29 is 15.0 Å². The Labute approximate surface area is 83.0 Å². The molecule has 76 valence electrons. The average molecular weight is 193 g/mol. The first-order valence-electron chi connectivity index (χ1n) is 4.62. The van der Waals surface area contributed by atoms with Crippen molar-refractivity contribution >= 4 is 5.97 Å². The van der Waals surface area contributed by atoms with E-state index in [1.165, 1.54) is 12.1 Å². The summed E-state index contributed by atoms with van der Waals surface area (Å²) in [5.41, 5.74) is 0.902. The number of hydrogen-bond donors (Lipinski definition) is 1. The quantitative estimate of drug-likeness (QED) is 0.786. The number of carboxylic acid groups (broad SMARTS) is 1. The first-order chi connectivity index (χ1) is 6.63. The summed E-state index contributed by atoms with van der Waals surface area (Å²) in [7, 11) is 0. The number of carboxylic acids is 1. The van der Waals surface area contributed by atoms with Crippen LogP contribution >= 0.6 is 0 Å². The number of carbonyl (C=O) groups is 1. The van der Waals surface area contributed by atoms with E-state index < -0.39 is 5.97 Å². The monoisotopic (exact) mass is 193 g/mol. The fourth-order valence-corrected chi connectivity index (χ4v) is 1.32. The molecule has 1 unspecified atom stereocenters. The van der Waals surface area contributed by atoms with Crippen molar-refractivity contribution in [3.63, 3.8) is 0 Å². The van der Waals surface area contributed by atoms with Crippen LogP contribution in [-0.2, 0) is 11.2 Å². The fourth-order valence-electron chi connectivity index (χ4n) is 1.32. The Balaban J connectivity index is 2.67. The highest BCUT2D eigenvalue weighted by atomic mass is 16.4. The first kappa shape index (κ1) is 10.6. The molecule has 3 heteroatoms. The van der Waals surface area contributed by atoms with Gasteiger partial charge in [-0.3, -0.25) is 4.79 Å². The molecule has 0 fully saturated rings. The van der Waals surface area contributed by atoms with Crippen LogP contribution in [0.25, 0.3) is 0 Å². The van der Waals surface area contributed by atoms with E-state index in [4.69, 9.17) is 5.11 Å². The predicted molar refractivity (Wildman–Crippen MR) is 51.0 cm³/mol. The molecule has 0 amide bonds. The lowest BCUT2D eigenvalue weighted by Crippen LogP contribution is -2.15. The molecule has 0 aliphatic rings. The van der Waals surface area contributed by atoms with Crippen LogP contribution in [0.15, 0.2) is 24.3 Å². The lowest BCUT2D eigenvalue weighted by atomic mass is 9.97. The number of benzene rings is 1. The van der Waals surface area contributed by atoms with E-state index >= 15 is 0 Å². The van der Waals surface area contributed by atoms with Gasteiger partial charge in [-0.15, -0.1) is 5.75 Å². The second kappa shape index (κ2) is 4.65. The molecule has 14 heavy (non-hydrogen) atoms. The van der Waals surface area contributed by atoms with Crippen LogP contribution in [0.2, 0.25) is 0 Å². The second-order valence-corrected chi connectivity index (χ2v) is 3.29. The van der Waals surface area contributed by atoms with Crippen LogP contribution < -0.4 is 5.11 Å². The van der Waals surface area contributed by atoms with Gasteiger partial charge in [0.05, 0.1) is 5.92 Å². The Morgan fingerprint density at radius 3 is 2.43 bits per heavy atom. The smallest absolute Gasteiger partial charge is 0.306 e. The van der Waals surface area contributed by atoms with Crippen LogP contribution in [0.3, 0.4) is 0 Å². The normalized spacial score (nSPS) is 12.4. The van der Waals surface area contributed by atoms with Crippen molar-refractivity contribution in [1.82, 2.24) is 0 Å². The summed E-state index contributed by atoms with van der Waals surface area (Å²) >= 11 is 0. The molecule has 1 atom stereocenters. The van der Waals surface area contributed by atoms with Crippen LogP contribution in [-0.4, -0.2) is 11.1 Å². The van der Waals surface area contributed by atoms with Gasteiger partial charge in [0.2, 0.25) is 0 Å². The van der Waals surface area contributed by atoms with Crippen LogP contribution in [0.4, 0.5) is 0 Å². The van der Waals surface area contributed by atoms with Crippen LogP contribution in [0.1, 0.15) is 18.9 Å². The van der Waals surface area contributed by atoms with E-state index in [2.05, 4.69) is 0 Å². The molecule has 1 rings (SSSR count). The van der Waals surface area contributed by atoms with E-state index in [0.717, 1.165) is 5.56 Å². The lowest BCUT2D eigenvalue weighted by Gasteiger charge is -2.11. The van der Waals surface area contributed by atoms with Gasteiger partial charge in [-0.1, -0.05) is 31.2 Å². The van der Waals surface area contributed by atoms with E-state index in [9.17, 15) is 9.90 Å². The zero-order chi connectivity index (χ0) is 10.6. The maximum absolute atomic E-state index is 10.8. The standard InChI is InChI=1S/C11H14O3/c1-2-9(11(13)14)7-8-3-5-10(12)6-4-8/h3-6,9,12H,2,7H2,1H3,(H,13,14)/p-1. The molecule has 0 saturated heterocycles.